The highest BCUT2D eigenvalue weighted by atomic mass is 35.7. The molecule has 246 valence electrons. The molecular weight excluding hydrogens is 682 g/mol. The Bertz CT molecular complexity index is 2150. The molecule has 0 saturated heterocycles. The molecule has 0 amide bonds. The highest BCUT2D eigenvalue weighted by molar-refractivity contribution is 8.14. The van der Waals surface area contributed by atoms with Gasteiger partial charge >= 0.3 is 5.97 Å². The summed E-state index contributed by atoms with van der Waals surface area (Å²) in [5.74, 6) is -4.67. The fraction of sp³-hybridized carbons (Fsp3) is 0.250. The van der Waals surface area contributed by atoms with Crippen molar-refractivity contribution in [3.63, 3.8) is 0 Å². The van der Waals surface area contributed by atoms with Gasteiger partial charge in [-0.2, -0.15) is 4.39 Å². The van der Waals surface area contributed by atoms with Crippen LogP contribution in [0.3, 0.4) is 0 Å². The van der Waals surface area contributed by atoms with E-state index in [0.717, 1.165) is 35.5 Å². The highest BCUT2D eigenvalue weighted by Crippen LogP contribution is 2.46. The van der Waals surface area contributed by atoms with E-state index in [1.807, 2.05) is 25.1 Å². The second kappa shape index (κ2) is 12.4. The molecule has 0 saturated carbocycles. The van der Waals surface area contributed by atoms with Crippen LogP contribution in [0.5, 0.6) is 17.2 Å². The Hall–Kier alpha value is -4.20. The van der Waals surface area contributed by atoms with E-state index in [4.69, 9.17) is 41.5 Å². The number of rotatable bonds is 9. The number of para-hydroxylation sites is 1. The number of aryl methyl sites for hydroxylation is 1. The van der Waals surface area contributed by atoms with Gasteiger partial charge in [0.05, 0.1) is 35.0 Å². The fourth-order valence-corrected chi connectivity index (χ4v) is 7.31. The number of H-pyrrole nitrogens is 2. The Labute approximate surface area is 276 Å². The minimum Gasteiger partial charge on any atom is -0.493 e. The summed E-state index contributed by atoms with van der Waals surface area (Å²) in [4.78, 5) is 21.1. The number of fused-ring (bicyclic) bond motifs is 2. The molecular formula is C32H26Cl2F3N3O6S. The number of aromatic amines is 2. The number of ether oxygens (including phenoxy) is 3. The standard InChI is InChI=1S/C32H26Cl2F3N3O6S/c1-3-44-23(41)10-7-16-5-4-6-19-28(16)45-12-11-32(19,2)22-15-39-31(40-22)18-13-17(8-9-21(18)35)46-29-26(37)25(36)27-24(20(33)14-38-27)30(29)47(34,42)43/h4-6,8-9,13-15,38H,3,7,10-12H2,1-2H3,(H,39,40). The summed E-state index contributed by atoms with van der Waals surface area (Å²) in [6, 6.07) is 8.96. The maximum atomic E-state index is 15.2. The second-order valence-electron chi connectivity index (χ2n) is 11.0. The highest BCUT2D eigenvalue weighted by Gasteiger charge is 2.38. The largest absolute Gasteiger partial charge is 0.493 e. The van der Waals surface area contributed by atoms with E-state index in [0.29, 0.717) is 37.5 Å². The molecule has 1 aliphatic rings. The first-order valence-corrected chi connectivity index (χ1v) is 17.1. The predicted molar refractivity (Wildman–Crippen MR) is 168 cm³/mol. The smallest absolute Gasteiger partial charge is 0.306 e. The Balaban J connectivity index is 1.36. The number of hydrogen-bond acceptors (Lipinski definition) is 7. The number of carbonyl (C=O) groups is 1. The average molecular weight is 709 g/mol. The van der Waals surface area contributed by atoms with E-state index >= 15 is 8.78 Å². The maximum Gasteiger partial charge on any atom is 0.306 e. The summed E-state index contributed by atoms with van der Waals surface area (Å²) >= 11 is 6.08. The lowest BCUT2D eigenvalue weighted by Crippen LogP contribution is -2.32. The van der Waals surface area contributed by atoms with Gasteiger partial charge in [-0.25, -0.2) is 22.2 Å². The van der Waals surface area contributed by atoms with Crippen molar-refractivity contribution in [2.24, 2.45) is 0 Å². The number of esters is 1. The minimum atomic E-state index is -4.73. The van der Waals surface area contributed by atoms with Gasteiger partial charge in [0.1, 0.15) is 28.0 Å². The summed E-state index contributed by atoms with van der Waals surface area (Å²) in [5, 5.41) is -0.636. The van der Waals surface area contributed by atoms with Gasteiger partial charge in [0, 0.05) is 45.9 Å². The number of imidazole rings is 1. The summed E-state index contributed by atoms with van der Waals surface area (Å²) < 4.78 is 87.1. The maximum absolute atomic E-state index is 15.2. The molecule has 2 aromatic heterocycles. The normalized spacial score (nSPS) is 16.1. The summed E-state index contributed by atoms with van der Waals surface area (Å²) in [6.07, 6.45) is 3.87. The zero-order valence-corrected chi connectivity index (χ0v) is 27.2. The first kappa shape index (κ1) is 32.7. The third-order valence-electron chi connectivity index (χ3n) is 8.12. The van der Waals surface area contributed by atoms with Gasteiger partial charge in [0.2, 0.25) is 5.82 Å². The average Bonchev–Trinajstić information content (AvgIpc) is 3.67. The Kier molecular flexibility index (Phi) is 8.66. The van der Waals surface area contributed by atoms with E-state index in [2.05, 4.69) is 9.97 Å². The van der Waals surface area contributed by atoms with E-state index in [9.17, 15) is 17.6 Å². The predicted octanol–water partition coefficient (Wildman–Crippen LogP) is 7.93. The Morgan fingerprint density at radius 1 is 1.13 bits per heavy atom. The van der Waals surface area contributed by atoms with Crippen molar-refractivity contribution in [1.29, 1.82) is 0 Å². The van der Waals surface area contributed by atoms with Crippen LogP contribution in [0.2, 0.25) is 5.02 Å². The molecule has 1 atom stereocenters. The van der Waals surface area contributed by atoms with E-state index in [1.165, 1.54) is 0 Å². The van der Waals surface area contributed by atoms with Crippen molar-refractivity contribution >= 4 is 48.2 Å². The topological polar surface area (TPSA) is 123 Å². The number of nitrogens with one attached hydrogen (secondary N) is 2. The summed E-state index contributed by atoms with van der Waals surface area (Å²) in [7, 11) is 0.894. The van der Waals surface area contributed by atoms with Crippen LogP contribution in [0.15, 0.2) is 53.7 Å². The summed E-state index contributed by atoms with van der Waals surface area (Å²) in [6.45, 7) is 4.38. The Morgan fingerprint density at radius 2 is 1.91 bits per heavy atom. The van der Waals surface area contributed by atoms with Gasteiger partial charge < -0.3 is 24.2 Å². The minimum absolute atomic E-state index is 0.0928. The van der Waals surface area contributed by atoms with E-state index in [1.54, 1.807) is 13.1 Å². The third kappa shape index (κ3) is 5.92. The van der Waals surface area contributed by atoms with Gasteiger partial charge in [-0.15, -0.1) is 0 Å². The second-order valence-corrected chi connectivity index (χ2v) is 13.9. The van der Waals surface area contributed by atoms with Crippen molar-refractivity contribution in [2.75, 3.05) is 13.2 Å². The zero-order valence-electron chi connectivity index (χ0n) is 24.8. The van der Waals surface area contributed by atoms with E-state index < -0.39 is 53.5 Å². The molecule has 15 heteroatoms. The molecule has 0 radical (unpaired) electrons. The molecule has 3 heterocycles. The number of hydrogen-bond donors (Lipinski definition) is 2. The lowest BCUT2D eigenvalue weighted by atomic mass is 9.74. The molecule has 0 bridgehead atoms. The quantitative estimate of drug-likeness (QED) is 0.118. The molecule has 3 aromatic carbocycles. The first-order valence-electron chi connectivity index (χ1n) is 14.4. The fourth-order valence-electron chi connectivity index (χ4n) is 5.76. The van der Waals surface area contributed by atoms with Crippen molar-refractivity contribution in [1.82, 2.24) is 15.0 Å². The summed E-state index contributed by atoms with van der Waals surface area (Å²) in [5.41, 5.74) is 0.978. The molecule has 2 N–H and O–H groups in total. The molecule has 6 rings (SSSR count). The molecule has 0 fully saturated rings. The van der Waals surface area contributed by atoms with Crippen molar-refractivity contribution < 1.29 is 40.6 Å². The van der Waals surface area contributed by atoms with Crippen molar-refractivity contribution in [3.05, 3.63) is 88.1 Å². The van der Waals surface area contributed by atoms with Crippen molar-refractivity contribution in [2.45, 2.75) is 43.4 Å². The van der Waals surface area contributed by atoms with E-state index in [-0.39, 0.29) is 34.6 Å². The SMILES string of the molecule is CCOC(=O)CCc1cccc2c1OCCC2(C)c1c[nH]c(-c2cc(Oc3c(F)c(F)c4[nH]cc(Cl)c4c3S(=O)(=O)Cl)ccc2F)n1. The van der Waals surface area contributed by atoms with Crippen LogP contribution in [-0.2, 0) is 30.4 Å². The number of carbonyl (C=O) groups excluding carboxylic acids is 1. The van der Waals surface area contributed by atoms with Crippen LogP contribution in [0, 0.1) is 17.5 Å². The number of benzene rings is 3. The van der Waals surface area contributed by atoms with Crippen LogP contribution in [0.25, 0.3) is 22.3 Å². The first-order chi connectivity index (χ1) is 22.3. The number of halogens is 5. The van der Waals surface area contributed by atoms with Gasteiger partial charge in [-0.1, -0.05) is 29.8 Å². The van der Waals surface area contributed by atoms with Crippen LogP contribution >= 0.6 is 22.3 Å². The van der Waals surface area contributed by atoms with Gasteiger partial charge in [0.15, 0.2) is 11.6 Å². The lowest BCUT2D eigenvalue weighted by Gasteiger charge is -2.35. The molecule has 9 nitrogen and oxygen atoms in total. The number of aromatic nitrogens is 3. The molecule has 5 aromatic rings. The molecule has 47 heavy (non-hydrogen) atoms. The Morgan fingerprint density at radius 3 is 2.66 bits per heavy atom. The zero-order chi connectivity index (χ0) is 33.7. The molecule has 0 aliphatic carbocycles. The van der Waals surface area contributed by atoms with Gasteiger partial charge in [0.25, 0.3) is 9.05 Å². The molecule has 1 aliphatic heterocycles. The van der Waals surface area contributed by atoms with Crippen LogP contribution < -0.4 is 9.47 Å². The monoisotopic (exact) mass is 707 g/mol. The number of nitrogens with zero attached hydrogens (tertiary/aromatic N) is 1. The molecule has 1 unspecified atom stereocenters. The van der Waals surface area contributed by atoms with Crippen molar-refractivity contribution in [3.8, 4) is 28.6 Å². The molecule has 0 spiro atoms. The van der Waals surface area contributed by atoms with Gasteiger partial charge in [-0.05, 0) is 50.5 Å². The van der Waals surface area contributed by atoms with Crippen LogP contribution in [0.1, 0.15) is 43.5 Å². The van der Waals surface area contributed by atoms with Crippen LogP contribution in [0.4, 0.5) is 13.2 Å². The van der Waals surface area contributed by atoms with Crippen LogP contribution in [-0.4, -0.2) is 42.6 Å². The third-order valence-corrected chi connectivity index (χ3v) is 9.76. The lowest BCUT2D eigenvalue weighted by molar-refractivity contribution is -0.143. The van der Waals surface area contributed by atoms with Gasteiger partial charge in [-0.3, -0.25) is 4.79 Å².